The first-order valence-corrected chi connectivity index (χ1v) is 6.80. The quantitative estimate of drug-likeness (QED) is 0.912. The van der Waals surface area contributed by atoms with E-state index in [1.807, 2.05) is 0 Å². The van der Waals surface area contributed by atoms with Crippen LogP contribution in [-0.4, -0.2) is 52.7 Å². The lowest BCUT2D eigenvalue weighted by atomic mass is 9.90. The lowest BCUT2D eigenvalue weighted by Crippen LogP contribution is -2.35. The number of ether oxygens (including phenoxy) is 1. The number of amides is 1. The Kier molecular flexibility index (Phi) is 4.49. The third kappa shape index (κ3) is 3.91. The van der Waals surface area contributed by atoms with Crippen LogP contribution in [-0.2, 0) is 4.79 Å². The van der Waals surface area contributed by atoms with E-state index in [0.717, 1.165) is 0 Å². The fraction of sp³-hybridized carbons (Fsp3) is 0.500. The monoisotopic (exact) mass is 332 g/mol. The molecule has 1 aliphatic heterocycles. The van der Waals surface area contributed by atoms with Crippen molar-refractivity contribution in [2.45, 2.75) is 19.5 Å². The average Bonchev–Trinajstić information content (AvgIpc) is 2.88. The summed E-state index contributed by atoms with van der Waals surface area (Å²) in [7, 11) is 0. The topological polar surface area (TPSA) is 79.7 Å². The summed E-state index contributed by atoms with van der Waals surface area (Å²) in [5, 5.41) is 9.17. The zero-order chi connectivity index (χ0) is 17.3. The number of hydrogen-bond acceptors (Lipinski definition) is 4. The number of carboxylic acids is 1. The van der Waals surface area contributed by atoms with Gasteiger partial charge < -0.3 is 14.7 Å². The fourth-order valence-corrected chi connectivity index (χ4v) is 2.30. The summed E-state index contributed by atoms with van der Waals surface area (Å²) >= 11 is 0. The van der Waals surface area contributed by atoms with E-state index >= 15 is 0 Å². The Hall–Kier alpha value is -2.32. The van der Waals surface area contributed by atoms with Crippen molar-refractivity contribution < 1.29 is 32.6 Å². The van der Waals surface area contributed by atoms with Gasteiger partial charge in [-0.05, 0) is 25.5 Å². The van der Waals surface area contributed by atoms with Crippen molar-refractivity contribution in [1.29, 1.82) is 0 Å². The number of alkyl halides is 3. The molecule has 0 spiro atoms. The van der Waals surface area contributed by atoms with E-state index in [-0.39, 0.29) is 25.1 Å². The van der Waals surface area contributed by atoms with Crippen LogP contribution >= 0.6 is 0 Å². The number of carbonyl (C=O) groups excluding carboxylic acids is 1. The fourth-order valence-electron chi connectivity index (χ4n) is 2.30. The van der Waals surface area contributed by atoms with Gasteiger partial charge >= 0.3 is 12.1 Å². The van der Waals surface area contributed by atoms with Gasteiger partial charge in [0.1, 0.15) is 5.56 Å². The normalized spacial score (nSPS) is 21.3. The molecule has 9 heteroatoms. The maximum Gasteiger partial charge on any atom is 0.422 e. The molecule has 0 aliphatic carbocycles. The van der Waals surface area contributed by atoms with Gasteiger partial charge in [0.15, 0.2) is 6.61 Å². The summed E-state index contributed by atoms with van der Waals surface area (Å²) < 4.78 is 41.3. The van der Waals surface area contributed by atoms with E-state index in [1.165, 1.54) is 30.2 Å². The maximum atomic E-state index is 12.4. The van der Waals surface area contributed by atoms with Crippen molar-refractivity contribution >= 4 is 11.9 Å². The molecule has 1 aliphatic rings. The van der Waals surface area contributed by atoms with Gasteiger partial charge in [-0.1, -0.05) is 0 Å². The molecule has 2 rings (SSSR count). The molecule has 1 fully saturated rings. The molecule has 23 heavy (non-hydrogen) atoms. The lowest BCUT2D eigenvalue weighted by molar-refractivity contribution is -0.154. The van der Waals surface area contributed by atoms with E-state index < -0.39 is 36.0 Å². The van der Waals surface area contributed by atoms with Gasteiger partial charge in [0, 0.05) is 19.3 Å². The number of likely N-dealkylation sites (tertiary alicyclic amines) is 1. The average molecular weight is 332 g/mol. The highest BCUT2D eigenvalue weighted by atomic mass is 19.4. The van der Waals surface area contributed by atoms with Crippen LogP contribution in [0.25, 0.3) is 0 Å². The molecule has 1 amide bonds. The number of nitrogens with zero attached hydrogens (tertiary/aromatic N) is 2. The molecule has 6 nitrogen and oxygen atoms in total. The van der Waals surface area contributed by atoms with Crippen molar-refractivity contribution in [3.05, 3.63) is 23.9 Å². The smallest absolute Gasteiger partial charge is 0.422 e. The summed E-state index contributed by atoms with van der Waals surface area (Å²) in [5.41, 5.74) is -1.18. The highest BCUT2D eigenvalue weighted by Crippen LogP contribution is 2.32. The molecule has 1 unspecified atom stereocenters. The highest BCUT2D eigenvalue weighted by molar-refractivity contribution is 5.97. The summed E-state index contributed by atoms with van der Waals surface area (Å²) in [5.74, 6) is -2.04. The third-order valence-electron chi connectivity index (χ3n) is 3.65. The van der Waals surface area contributed by atoms with Gasteiger partial charge in [-0.2, -0.15) is 13.2 Å². The number of halogens is 3. The molecule has 1 N–H and O–H groups in total. The molecule has 126 valence electrons. The van der Waals surface area contributed by atoms with Gasteiger partial charge in [-0.25, -0.2) is 4.98 Å². The van der Waals surface area contributed by atoms with Crippen LogP contribution < -0.4 is 4.74 Å². The predicted octanol–water partition coefficient (Wildman–Crippen LogP) is 1.96. The molecule has 2 heterocycles. The van der Waals surface area contributed by atoms with E-state index in [4.69, 9.17) is 0 Å². The van der Waals surface area contributed by atoms with Crippen LogP contribution in [0.5, 0.6) is 5.88 Å². The van der Waals surface area contributed by atoms with E-state index in [2.05, 4.69) is 9.72 Å². The van der Waals surface area contributed by atoms with Gasteiger partial charge in [0.05, 0.1) is 5.41 Å². The zero-order valence-electron chi connectivity index (χ0n) is 12.3. The van der Waals surface area contributed by atoms with Crippen LogP contribution in [0.15, 0.2) is 18.3 Å². The van der Waals surface area contributed by atoms with Crippen LogP contribution in [0.2, 0.25) is 0 Å². The van der Waals surface area contributed by atoms with Gasteiger partial charge in [0.25, 0.3) is 5.91 Å². The first kappa shape index (κ1) is 17.0. The zero-order valence-corrected chi connectivity index (χ0v) is 12.3. The Labute approximate surface area is 129 Å². The molecule has 0 saturated carbocycles. The Balaban J connectivity index is 2.16. The first-order chi connectivity index (χ1) is 10.6. The second-order valence-electron chi connectivity index (χ2n) is 5.60. The number of aromatic nitrogens is 1. The first-order valence-electron chi connectivity index (χ1n) is 6.80. The van der Waals surface area contributed by atoms with Crippen LogP contribution in [0.4, 0.5) is 13.2 Å². The SMILES string of the molecule is CC1(C(=O)O)CCN(C(=O)c2cccnc2OCC(F)(F)F)C1. The van der Waals surface area contributed by atoms with Crippen molar-refractivity contribution in [2.75, 3.05) is 19.7 Å². The number of pyridine rings is 1. The van der Waals surface area contributed by atoms with Crippen molar-refractivity contribution in [3.63, 3.8) is 0 Å². The third-order valence-corrected chi connectivity index (χ3v) is 3.65. The van der Waals surface area contributed by atoms with Crippen molar-refractivity contribution in [2.24, 2.45) is 5.41 Å². The van der Waals surface area contributed by atoms with Crippen molar-refractivity contribution in [1.82, 2.24) is 9.88 Å². The molecule has 0 radical (unpaired) electrons. The van der Waals surface area contributed by atoms with E-state index in [0.29, 0.717) is 0 Å². The molecule has 1 aromatic heterocycles. The van der Waals surface area contributed by atoms with Crippen LogP contribution in [0.1, 0.15) is 23.7 Å². The maximum absolute atomic E-state index is 12.4. The number of carbonyl (C=O) groups is 2. The highest BCUT2D eigenvalue weighted by Gasteiger charge is 2.42. The number of aliphatic carboxylic acids is 1. The summed E-state index contributed by atoms with van der Waals surface area (Å²) in [6.45, 7) is 0.147. The molecule has 1 saturated heterocycles. The lowest BCUT2D eigenvalue weighted by Gasteiger charge is -2.21. The van der Waals surface area contributed by atoms with Crippen LogP contribution in [0, 0.1) is 5.41 Å². The molecule has 0 aromatic carbocycles. The summed E-state index contributed by atoms with van der Waals surface area (Å²) in [6, 6.07) is 2.71. The summed E-state index contributed by atoms with van der Waals surface area (Å²) in [6.07, 6.45) is -3.06. The Bertz CT molecular complexity index is 620. The minimum Gasteiger partial charge on any atom is -0.481 e. The summed E-state index contributed by atoms with van der Waals surface area (Å²) in [4.78, 5) is 28.6. The molecular weight excluding hydrogens is 317 g/mol. The predicted molar refractivity (Wildman–Crippen MR) is 72.1 cm³/mol. The second kappa shape index (κ2) is 6.05. The van der Waals surface area contributed by atoms with E-state index in [9.17, 15) is 27.9 Å². The number of rotatable bonds is 4. The second-order valence-corrected chi connectivity index (χ2v) is 5.60. The Morgan fingerprint density at radius 3 is 2.74 bits per heavy atom. The van der Waals surface area contributed by atoms with Gasteiger partial charge in [-0.15, -0.1) is 0 Å². The molecule has 0 bridgehead atoms. The molecule has 1 atom stereocenters. The molecule has 1 aromatic rings. The largest absolute Gasteiger partial charge is 0.481 e. The molecular formula is C14H15F3N2O4. The minimum absolute atomic E-state index is 0.0191. The number of hydrogen-bond donors (Lipinski definition) is 1. The van der Waals surface area contributed by atoms with Crippen molar-refractivity contribution in [3.8, 4) is 5.88 Å². The van der Waals surface area contributed by atoms with Gasteiger partial charge in [-0.3, -0.25) is 9.59 Å². The Morgan fingerprint density at radius 2 is 2.17 bits per heavy atom. The standard InChI is InChI=1S/C14H15F3N2O4/c1-13(12(21)22)4-6-19(7-13)11(20)9-3-2-5-18-10(9)23-8-14(15,16)17/h2-3,5H,4,6-8H2,1H3,(H,21,22). The number of carboxylic acid groups (broad SMARTS) is 1. The van der Waals surface area contributed by atoms with Gasteiger partial charge in [0.2, 0.25) is 5.88 Å². The van der Waals surface area contributed by atoms with Crippen LogP contribution in [0.3, 0.4) is 0 Å². The van der Waals surface area contributed by atoms with E-state index in [1.54, 1.807) is 0 Å². The minimum atomic E-state index is -4.55. The Morgan fingerprint density at radius 1 is 1.48 bits per heavy atom.